The first-order valence-electron chi connectivity index (χ1n) is 8.35. The molecule has 1 atom stereocenters. The molecule has 0 saturated heterocycles. The molecule has 4 heteroatoms. The van der Waals surface area contributed by atoms with Gasteiger partial charge in [0.1, 0.15) is 0 Å². The summed E-state index contributed by atoms with van der Waals surface area (Å²) in [5.74, 6) is 1.14. The van der Waals surface area contributed by atoms with Gasteiger partial charge in [-0.1, -0.05) is 42.5 Å². The van der Waals surface area contributed by atoms with Crippen LogP contribution in [0, 0.1) is 0 Å². The van der Waals surface area contributed by atoms with E-state index in [2.05, 4.69) is 41.3 Å². The Balaban J connectivity index is 1.55. The zero-order valence-electron chi connectivity index (χ0n) is 14.3. The van der Waals surface area contributed by atoms with E-state index in [1.165, 1.54) is 16.0 Å². The molecule has 3 rings (SSSR count). The van der Waals surface area contributed by atoms with Crippen molar-refractivity contribution < 1.29 is 4.79 Å². The van der Waals surface area contributed by atoms with E-state index in [1.807, 2.05) is 37.2 Å². The molecule has 0 bridgehead atoms. The smallest absolute Gasteiger partial charge is 0.240 e. The summed E-state index contributed by atoms with van der Waals surface area (Å²) in [4.78, 5) is 18.1. The van der Waals surface area contributed by atoms with Crippen molar-refractivity contribution in [1.82, 2.24) is 9.80 Å². The van der Waals surface area contributed by atoms with Crippen molar-refractivity contribution in [3.63, 3.8) is 0 Å². The molecule has 2 aromatic rings. The Morgan fingerprint density at radius 1 is 1.12 bits per heavy atom. The van der Waals surface area contributed by atoms with Crippen molar-refractivity contribution >= 4 is 17.7 Å². The molecular weight excluding hydrogens is 316 g/mol. The highest BCUT2D eigenvalue weighted by molar-refractivity contribution is 7.99. The molecule has 0 N–H and O–H groups in total. The Bertz CT molecular complexity index is 689. The Morgan fingerprint density at radius 3 is 2.54 bits per heavy atom. The summed E-state index contributed by atoms with van der Waals surface area (Å²) in [5, 5.41) is 0. The maximum absolute atomic E-state index is 12.8. The highest BCUT2D eigenvalue weighted by Crippen LogP contribution is 2.23. The second kappa shape index (κ2) is 7.86. The van der Waals surface area contributed by atoms with Crippen molar-refractivity contribution in [2.24, 2.45) is 0 Å². The van der Waals surface area contributed by atoms with Crippen LogP contribution in [0.4, 0.5) is 0 Å². The van der Waals surface area contributed by atoms with Crippen molar-refractivity contribution in [3.8, 4) is 0 Å². The minimum Gasteiger partial charge on any atom is -0.344 e. The first-order valence-corrected chi connectivity index (χ1v) is 9.33. The third-order valence-corrected chi connectivity index (χ3v) is 5.58. The average Bonchev–Trinajstić information content (AvgIpc) is 2.61. The summed E-state index contributed by atoms with van der Waals surface area (Å²) >= 11 is 1.79. The summed E-state index contributed by atoms with van der Waals surface area (Å²) in [7, 11) is 3.97. The molecule has 1 aliphatic rings. The van der Waals surface area contributed by atoms with Gasteiger partial charge in [-0.15, -0.1) is 11.8 Å². The minimum absolute atomic E-state index is 0.0494. The summed E-state index contributed by atoms with van der Waals surface area (Å²) < 4.78 is 0. The van der Waals surface area contributed by atoms with Crippen LogP contribution in [0.3, 0.4) is 0 Å². The Hall–Kier alpha value is -1.78. The Kier molecular flexibility index (Phi) is 5.59. The van der Waals surface area contributed by atoms with E-state index in [9.17, 15) is 4.79 Å². The molecule has 0 saturated carbocycles. The Morgan fingerprint density at radius 2 is 1.79 bits per heavy atom. The predicted octanol–water partition coefficient (Wildman–Crippen LogP) is 3.29. The van der Waals surface area contributed by atoms with E-state index in [4.69, 9.17) is 0 Å². The number of hydrogen-bond acceptors (Lipinski definition) is 3. The van der Waals surface area contributed by atoms with Crippen LogP contribution in [-0.4, -0.2) is 48.1 Å². The summed E-state index contributed by atoms with van der Waals surface area (Å²) in [5.41, 5.74) is 2.65. The number of hydrogen-bond donors (Lipinski definition) is 0. The number of thioether (sulfide) groups is 1. The monoisotopic (exact) mass is 340 g/mol. The van der Waals surface area contributed by atoms with E-state index >= 15 is 0 Å². The average molecular weight is 340 g/mol. The molecular formula is C20H24N2OS. The lowest BCUT2D eigenvalue weighted by Crippen LogP contribution is -2.49. The summed E-state index contributed by atoms with van der Waals surface area (Å²) in [6.07, 6.45) is 0.807. The fourth-order valence-corrected chi connectivity index (χ4v) is 4.06. The molecule has 1 heterocycles. The molecule has 3 nitrogen and oxygen atoms in total. The van der Waals surface area contributed by atoms with Crippen LogP contribution in [0.15, 0.2) is 59.5 Å². The number of nitrogens with zero attached hydrogens (tertiary/aromatic N) is 2. The third kappa shape index (κ3) is 4.00. The van der Waals surface area contributed by atoms with Gasteiger partial charge in [0.15, 0.2) is 0 Å². The zero-order valence-corrected chi connectivity index (χ0v) is 15.1. The molecule has 0 aromatic heterocycles. The summed E-state index contributed by atoms with van der Waals surface area (Å²) in [6, 6.07) is 18.7. The number of fused-ring (bicyclic) bond motifs is 1. The second-order valence-corrected chi connectivity index (χ2v) is 7.49. The third-order valence-electron chi connectivity index (χ3n) is 4.58. The summed E-state index contributed by atoms with van der Waals surface area (Å²) in [6.45, 7) is 1.61. The second-order valence-electron chi connectivity index (χ2n) is 6.33. The molecule has 24 heavy (non-hydrogen) atoms. The van der Waals surface area contributed by atoms with Crippen LogP contribution in [0.2, 0.25) is 0 Å². The number of likely N-dealkylation sites (N-methyl/N-ethyl adjacent to an activating group) is 2. The maximum Gasteiger partial charge on any atom is 0.240 e. The van der Waals surface area contributed by atoms with Gasteiger partial charge in [0.2, 0.25) is 5.91 Å². The van der Waals surface area contributed by atoms with Crippen LogP contribution in [0.25, 0.3) is 0 Å². The molecule has 0 aliphatic carbocycles. The number of amides is 1. The molecule has 126 valence electrons. The minimum atomic E-state index is -0.0494. The lowest BCUT2D eigenvalue weighted by molar-refractivity contribution is -0.135. The van der Waals surface area contributed by atoms with Gasteiger partial charge < -0.3 is 4.90 Å². The van der Waals surface area contributed by atoms with Gasteiger partial charge in [-0.25, -0.2) is 0 Å². The first-order chi connectivity index (χ1) is 11.6. The van der Waals surface area contributed by atoms with Crippen molar-refractivity contribution in [1.29, 1.82) is 0 Å². The maximum atomic E-state index is 12.8. The number of rotatable bonds is 5. The Labute approximate surface area is 148 Å². The highest BCUT2D eigenvalue weighted by atomic mass is 32.2. The van der Waals surface area contributed by atoms with E-state index in [-0.39, 0.29) is 11.9 Å². The topological polar surface area (TPSA) is 23.6 Å². The van der Waals surface area contributed by atoms with Gasteiger partial charge in [-0.05, 0) is 36.7 Å². The fraction of sp³-hybridized carbons (Fsp3) is 0.350. The fourth-order valence-electron chi connectivity index (χ4n) is 3.11. The van der Waals surface area contributed by atoms with Gasteiger partial charge in [0.25, 0.3) is 0 Å². The van der Waals surface area contributed by atoms with Crippen LogP contribution >= 0.6 is 11.8 Å². The zero-order chi connectivity index (χ0) is 16.9. The van der Waals surface area contributed by atoms with Crippen LogP contribution in [0.1, 0.15) is 11.1 Å². The van der Waals surface area contributed by atoms with Gasteiger partial charge in [0, 0.05) is 30.8 Å². The SMILES string of the molecule is CN(CCSc1ccccc1)C(=O)C1Cc2ccccc2CN1C. The molecule has 2 aromatic carbocycles. The van der Waals surface area contributed by atoms with Crippen molar-refractivity contribution in [2.75, 3.05) is 26.4 Å². The van der Waals surface area contributed by atoms with Crippen molar-refractivity contribution in [3.05, 3.63) is 65.7 Å². The standard InChI is InChI=1S/C20H24N2OS/c1-21(12-13-24-18-10-4-3-5-11-18)20(23)19-14-16-8-6-7-9-17(16)15-22(19)2/h3-11,19H,12-15H2,1-2H3. The van der Waals surface area contributed by atoms with Gasteiger partial charge in [-0.2, -0.15) is 0 Å². The van der Waals surface area contributed by atoms with Crippen LogP contribution in [-0.2, 0) is 17.8 Å². The number of carbonyl (C=O) groups excluding carboxylic acids is 1. The normalized spacial score (nSPS) is 17.3. The van der Waals surface area contributed by atoms with E-state index in [1.54, 1.807) is 11.8 Å². The van der Waals surface area contributed by atoms with E-state index in [0.717, 1.165) is 25.3 Å². The van der Waals surface area contributed by atoms with Crippen LogP contribution < -0.4 is 0 Å². The lowest BCUT2D eigenvalue weighted by Gasteiger charge is -2.35. The molecule has 1 amide bonds. The van der Waals surface area contributed by atoms with Gasteiger partial charge >= 0.3 is 0 Å². The molecule has 0 fully saturated rings. The van der Waals surface area contributed by atoms with Crippen molar-refractivity contribution in [2.45, 2.75) is 23.9 Å². The first kappa shape index (κ1) is 17.1. The van der Waals surface area contributed by atoms with Gasteiger partial charge in [-0.3, -0.25) is 9.69 Å². The molecule has 0 spiro atoms. The quantitative estimate of drug-likeness (QED) is 0.780. The van der Waals surface area contributed by atoms with Crippen LogP contribution in [0.5, 0.6) is 0 Å². The van der Waals surface area contributed by atoms with Gasteiger partial charge in [0.05, 0.1) is 6.04 Å². The molecule has 0 radical (unpaired) electrons. The largest absolute Gasteiger partial charge is 0.344 e. The number of carbonyl (C=O) groups is 1. The van der Waals surface area contributed by atoms with E-state index in [0.29, 0.717) is 0 Å². The number of benzene rings is 2. The molecule has 1 aliphatic heterocycles. The highest BCUT2D eigenvalue weighted by Gasteiger charge is 2.30. The lowest BCUT2D eigenvalue weighted by atomic mass is 9.94. The van der Waals surface area contributed by atoms with E-state index < -0.39 is 0 Å². The predicted molar refractivity (Wildman–Crippen MR) is 100 cm³/mol. The molecule has 1 unspecified atom stereocenters.